The average molecular weight is 412 g/mol. The molecule has 3 aliphatic rings. The van der Waals surface area contributed by atoms with Crippen LogP contribution in [0, 0.1) is 0 Å². The van der Waals surface area contributed by atoms with Crippen LogP contribution in [0.15, 0.2) is 21.7 Å². The number of rotatable bonds is 4. The van der Waals surface area contributed by atoms with Gasteiger partial charge in [-0.3, -0.25) is 9.59 Å². The maximum atomic E-state index is 13.1. The van der Waals surface area contributed by atoms with Gasteiger partial charge in [-0.25, -0.2) is 0 Å². The van der Waals surface area contributed by atoms with Crippen molar-refractivity contribution in [3.63, 3.8) is 0 Å². The van der Waals surface area contributed by atoms with Crippen LogP contribution in [0.4, 0.5) is 0 Å². The number of carbonyl (C=O) groups excluding carboxylic acids is 2. The van der Waals surface area contributed by atoms with Gasteiger partial charge < -0.3 is 14.4 Å². The number of carbonyl (C=O) groups is 2. The Balaban J connectivity index is 1.41. The number of hydrogen-bond acceptors (Lipinski definition) is 5. The van der Waals surface area contributed by atoms with Crippen LogP contribution in [-0.4, -0.2) is 68.7 Å². The van der Waals surface area contributed by atoms with Crippen molar-refractivity contribution < 1.29 is 18.4 Å². The van der Waals surface area contributed by atoms with Crippen LogP contribution in [0.1, 0.15) is 38.5 Å². The lowest BCUT2D eigenvalue weighted by molar-refractivity contribution is -0.137. The predicted molar refractivity (Wildman–Crippen MR) is 102 cm³/mol. The Morgan fingerprint density at radius 3 is 2.56 bits per heavy atom. The molecule has 0 radical (unpaired) electrons. The van der Waals surface area contributed by atoms with E-state index in [1.54, 1.807) is 22.4 Å². The van der Waals surface area contributed by atoms with Gasteiger partial charge in [0.1, 0.15) is 6.04 Å². The fourth-order valence-corrected chi connectivity index (χ4v) is 7.23. The normalized spacial score (nSPS) is 27.3. The molecule has 2 unspecified atom stereocenters. The van der Waals surface area contributed by atoms with E-state index in [0.717, 1.165) is 25.8 Å². The molecule has 0 aromatic carbocycles. The molecule has 3 saturated heterocycles. The smallest absolute Gasteiger partial charge is 0.244 e. The third kappa shape index (κ3) is 3.57. The number of sulfonamides is 1. The Bertz CT molecular complexity index is 746. The Morgan fingerprint density at radius 2 is 1.93 bits per heavy atom. The zero-order chi connectivity index (χ0) is 19.0. The van der Waals surface area contributed by atoms with Crippen LogP contribution in [-0.2, 0) is 24.2 Å². The van der Waals surface area contributed by atoms with E-state index >= 15 is 0 Å². The lowest BCUT2D eigenvalue weighted by Gasteiger charge is -2.38. The lowest BCUT2D eigenvalue weighted by atomic mass is 10.0. The maximum absolute atomic E-state index is 13.1. The quantitative estimate of drug-likeness (QED) is 0.707. The van der Waals surface area contributed by atoms with Gasteiger partial charge in [0.25, 0.3) is 0 Å². The molecule has 0 aliphatic carbocycles. The minimum atomic E-state index is -3.61. The molecule has 148 valence electrons. The minimum Gasteiger partial charge on any atom is -0.592 e. The van der Waals surface area contributed by atoms with E-state index in [0.29, 0.717) is 43.1 Å². The number of nitrogens with zero attached hydrogens (tertiary/aromatic N) is 3. The maximum Gasteiger partial charge on any atom is 0.244 e. The summed E-state index contributed by atoms with van der Waals surface area (Å²) in [4.78, 5) is 28.8. The number of likely N-dealkylation sites (tertiary alicyclic amines) is 2. The number of thiophene rings is 1. The van der Waals surface area contributed by atoms with E-state index in [1.807, 2.05) is 4.90 Å². The third-order valence-electron chi connectivity index (χ3n) is 5.87. The summed E-state index contributed by atoms with van der Waals surface area (Å²) in [6.45, 7) is 2.41. The molecule has 3 aliphatic heterocycles. The first-order chi connectivity index (χ1) is 13.0. The molecule has 0 N–H and O–H groups in total. The molecule has 3 fully saturated rings. The molecule has 4 heterocycles. The zero-order valence-corrected chi connectivity index (χ0v) is 16.9. The second-order valence-electron chi connectivity index (χ2n) is 7.45. The molecule has 2 atom stereocenters. The Morgan fingerprint density at radius 1 is 1.15 bits per heavy atom. The summed E-state index contributed by atoms with van der Waals surface area (Å²) in [5, 5.41) is 1.74. The summed E-state index contributed by atoms with van der Waals surface area (Å²) in [7, 11) is -3.61. The number of amides is 2. The topological polar surface area (TPSA) is 84.0 Å². The molecule has 0 saturated carbocycles. The van der Waals surface area contributed by atoms with Crippen molar-refractivity contribution in [3.8, 4) is 0 Å². The van der Waals surface area contributed by atoms with E-state index in [9.17, 15) is 18.4 Å². The van der Waals surface area contributed by atoms with Gasteiger partial charge in [-0.2, -0.15) is 0 Å². The SMILES string of the molecule is O=C(C1CCCN1[S+](=O)([O-])c1cccs1)N1CCC(N2CCCC2=O)CC1. The molecular formula is C18H25N3O4S2. The monoisotopic (exact) mass is 411 g/mol. The van der Waals surface area contributed by atoms with Crippen molar-refractivity contribution >= 4 is 33.6 Å². The summed E-state index contributed by atoms with van der Waals surface area (Å²) in [6.07, 6.45) is 4.41. The summed E-state index contributed by atoms with van der Waals surface area (Å²) < 4.78 is 27.4. The Kier molecular flexibility index (Phi) is 5.37. The lowest BCUT2D eigenvalue weighted by Crippen LogP contribution is -2.53. The fraction of sp³-hybridized carbons (Fsp3) is 0.667. The predicted octanol–water partition coefficient (Wildman–Crippen LogP) is 1.73. The Hall–Kier alpha value is -1.29. The van der Waals surface area contributed by atoms with Crippen molar-refractivity contribution in [1.82, 2.24) is 14.1 Å². The highest BCUT2D eigenvalue weighted by Gasteiger charge is 2.46. The van der Waals surface area contributed by atoms with Gasteiger partial charge in [0.15, 0.2) is 10.4 Å². The highest BCUT2D eigenvalue weighted by molar-refractivity contribution is 7.97. The highest BCUT2D eigenvalue weighted by Crippen LogP contribution is 2.33. The molecule has 2 amide bonds. The van der Waals surface area contributed by atoms with Crippen molar-refractivity contribution in [2.75, 3.05) is 26.2 Å². The van der Waals surface area contributed by atoms with E-state index in [-0.39, 0.29) is 17.9 Å². The molecule has 1 aromatic rings. The molecule has 0 spiro atoms. The summed E-state index contributed by atoms with van der Waals surface area (Å²) in [5.41, 5.74) is 0. The van der Waals surface area contributed by atoms with Gasteiger partial charge in [0, 0.05) is 44.7 Å². The summed E-state index contributed by atoms with van der Waals surface area (Å²) in [6, 6.07) is 2.94. The van der Waals surface area contributed by atoms with Crippen LogP contribution in [0.25, 0.3) is 0 Å². The molecule has 9 heteroatoms. The van der Waals surface area contributed by atoms with Crippen LogP contribution in [0.2, 0.25) is 0 Å². The van der Waals surface area contributed by atoms with Gasteiger partial charge in [-0.1, -0.05) is 15.5 Å². The van der Waals surface area contributed by atoms with Crippen molar-refractivity contribution in [2.24, 2.45) is 0 Å². The minimum absolute atomic E-state index is 0.0844. The van der Waals surface area contributed by atoms with Gasteiger partial charge >= 0.3 is 0 Å². The van der Waals surface area contributed by atoms with Crippen LogP contribution < -0.4 is 0 Å². The fourth-order valence-electron chi connectivity index (χ4n) is 4.46. The molecule has 7 nitrogen and oxygen atoms in total. The molecule has 1 aromatic heterocycles. The van der Waals surface area contributed by atoms with Gasteiger partial charge in [-0.15, -0.1) is 4.31 Å². The second-order valence-corrected chi connectivity index (χ2v) is 10.5. The highest BCUT2D eigenvalue weighted by atomic mass is 32.3. The van der Waals surface area contributed by atoms with Crippen LogP contribution in [0.3, 0.4) is 0 Å². The van der Waals surface area contributed by atoms with E-state index in [1.165, 1.54) is 15.6 Å². The number of hydrogen-bond donors (Lipinski definition) is 0. The van der Waals surface area contributed by atoms with E-state index < -0.39 is 16.4 Å². The Labute approximate surface area is 164 Å². The largest absolute Gasteiger partial charge is 0.592 e. The molecular weight excluding hydrogens is 386 g/mol. The standard InChI is InChI=1S/C18H25N3O4S2/c22-16-5-2-9-20(16)14-7-11-19(12-8-14)18(23)15-4-1-10-21(15)27(24,25)17-6-3-13-26-17/h3,6,13-15H,1-2,4-5,7-12H2. The van der Waals surface area contributed by atoms with E-state index in [4.69, 9.17) is 0 Å². The van der Waals surface area contributed by atoms with Gasteiger partial charge in [0.05, 0.1) is 0 Å². The summed E-state index contributed by atoms with van der Waals surface area (Å²) in [5.74, 6) is 0.141. The van der Waals surface area contributed by atoms with Gasteiger partial charge in [-0.05, 0) is 43.6 Å². The average Bonchev–Trinajstić information content (AvgIpc) is 3.42. The third-order valence-corrected chi connectivity index (χ3v) is 9.15. The molecule has 0 bridgehead atoms. The first-order valence-corrected chi connectivity index (χ1v) is 11.9. The van der Waals surface area contributed by atoms with Crippen LogP contribution in [0.5, 0.6) is 0 Å². The second kappa shape index (κ2) is 7.62. The first kappa shape index (κ1) is 19.0. The summed E-state index contributed by atoms with van der Waals surface area (Å²) >= 11 is 1.19. The number of piperidine rings is 1. The molecule has 4 rings (SSSR count). The molecule has 27 heavy (non-hydrogen) atoms. The van der Waals surface area contributed by atoms with Crippen molar-refractivity contribution in [2.45, 2.75) is 54.8 Å². The first-order valence-electron chi connectivity index (χ1n) is 9.62. The van der Waals surface area contributed by atoms with E-state index in [2.05, 4.69) is 0 Å². The zero-order valence-electron chi connectivity index (χ0n) is 15.2. The van der Waals surface area contributed by atoms with Crippen molar-refractivity contribution in [3.05, 3.63) is 17.5 Å². The van der Waals surface area contributed by atoms with Crippen LogP contribution >= 0.6 is 11.3 Å². The van der Waals surface area contributed by atoms with Crippen molar-refractivity contribution in [1.29, 1.82) is 0 Å². The van der Waals surface area contributed by atoms with Gasteiger partial charge in [0.2, 0.25) is 16.0 Å².